The van der Waals surface area contributed by atoms with Gasteiger partial charge < -0.3 is 14.4 Å². The van der Waals surface area contributed by atoms with Gasteiger partial charge in [-0.15, -0.1) is 0 Å². The fraction of sp³-hybridized carbons (Fsp3) is 0.267. The highest BCUT2D eigenvalue weighted by Crippen LogP contribution is 2.38. The molecule has 2 aromatic rings. The molecule has 3 rings (SSSR count). The maximum absolute atomic E-state index is 12.4. The summed E-state index contributed by atoms with van der Waals surface area (Å²) >= 11 is 0. The molecule has 1 atom stereocenters. The zero-order valence-corrected chi connectivity index (χ0v) is 10.7. The summed E-state index contributed by atoms with van der Waals surface area (Å²) in [6.07, 6.45) is 2.00. The number of anilines is 1. The number of furan rings is 1. The summed E-state index contributed by atoms with van der Waals surface area (Å²) in [5, 5.41) is 10.4. The molecule has 1 N–H and O–H groups in total. The maximum Gasteiger partial charge on any atom is 0.293 e. The molecule has 0 spiro atoms. The molecule has 4 heteroatoms. The van der Waals surface area contributed by atoms with Crippen LogP contribution < -0.4 is 4.90 Å². The molecule has 0 radical (unpaired) electrons. The van der Waals surface area contributed by atoms with Gasteiger partial charge in [-0.1, -0.05) is 18.2 Å². The second-order valence-corrected chi connectivity index (χ2v) is 4.98. The van der Waals surface area contributed by atoms with Crippen LogP contribution >= 0.6 is 0 Å². The first-order valence-corrected chi connectivity index (χ1v) is 6.27. The average molecular weight is 257 g/mol. The molecule has 1 aliphatic rings. The fourth-order valence-electron chi connectivity index (χ4n) is 2.49. The number of benzene rings is 1. The molecule has 0 bridgehead atoms. The normalized spacial score (nSPS) is 22.1. The number of hydrogen-bond donors (Lipinski definition) is 1. The molecule has 1 aromatic heterocycles. The van der Waals surface area contributed by atoms with E-state index in [2.05, 4.69) is 0 Å². The van der Waals surface area contributed by atoms with E-state index in [1.807, 2.05) is 24.3 Å². The van der Waals surface area contributed by atoms with Crippen LogP contribution in [0.2, 0.25) is 0 Å². The lowest BCUT2D eigenvalue weighted by Gasteiger charge is -2.37. The molecule has 0 aliphatic carbocycles. The monoisotopic (exact) mass is 257 g/mol. The number of fused-ring (bicyclic) bond motifs is 1. The van der Waals surface area contributed by atoms with Gasteiger partial charge in [-0.25, -0.2) is 0 Å². The second kappa shape index (κ2) is 4.24. The van der Waals surface area contributed by atoms with Gasteiger partial charge in [0.25, 0.3) is 5.91 Å². The third-order valence-electron chi connectivity index (χ3n) is 3.57. The Labute approximate surface area is 111 Å². The standard InChI is InChI=1S/C15H15NO3/c1-15(18)8-9-16(12-6-3-2-5-11(12)15)14(17)13-7-4-10-19-13/h2-7,10,18H,8-9H2,1H3. The Kier molecular flexibility index (Phi) is 2.68. The molecular weight excluding hydrogens is 242 g/mol. The van der Waals surface area contributed by atoms with Crippen molar-refractivity contribution in [3.8, 4) is 0 Å². The zero-order valence-electron chi connectivity index (χ0n) is 10.7. The average Bonchev–Trinajstić information content (AvgIpc) is 2.92. The quantitative estimate of drug-likeness (QED) is 0.854. The number of aliphatic hydroxyl groups is 1. The Morgan fingerprint density at radius 2 is 2.11 bits per heavy atom. The first-order valence-electron chi connectivity index (χ1n) is 6.27. The highest BCUT2D eigenvalue weighted by Gasteiger charge is 2.35. The number of amides is 1. The smallest absolute Gasteiger partial charge is 0.293 e. The van der Waals surface area contributed by atoms with Crippen LogP contribution in [0.4, 0.5) is 5.69 Å². The molecular formula is C15H15NO3. The molecule has 2 heterocycles. The van der Waals surface area contributed by atoms with Gasteiger partial charge in [0.05, 0.1) is 17.6 Å². The number of rotatable bonds is 1. The van der Waals surface area contributed by atoms with Crippen molar-refractivity contribution < 1.29 is 14.3 Å². The summed E-state index contributed by atoms with van der Waals surface area (Å²) in [5.74, 6) is 0.143. The van der Waals surface area contributed by atoms with E-state index in [9.17, 15) is 9.90 Å². The summed E-state index contributed by atoms with van der Waals surface area (Å²) in [7, 11) is 0. The van der Waals surface area contributed by atoms with Gasteiger partial charge in [-0.3, -0.25) is 4.79 Å². The fourth-order valence-corrected chi connectivity index (χ4v) is 2.49. The molecule has 98 valence electrons. The number of hydrogen-bond acceptors (Lipinski definition) is 3. The molecule has 1 aromatic carbocycles. The van der Waals surface area contributed by atoms with Crippen LogP contribution in [0.1, 0.15) is 29.5 Å². The number of para-hydroxylation sites is 1. The molecule has 1 amide bonds. The Morgan fingerprint density at radius 1 is 1.32 bits per heavy atom. The van der Waals surface area contributed by atoms with Crippen molar-refractivity contribution in [2.45, 2.75) is 18.9 Å². The highest BCUT2D eigenvalue weighted by molar-refractivity contribution is 6.05. The van der Waals surface area contributed by atoms with Crippen molar-refractivity contribution in [2.75, 3.05) is 11.4 Å². The zero-order chi connectivity index (χ0) is 13.5. The number of nitrogens with zero attached hydrogens (tertiary/aromatic N) is 1. The van der Waals surface area contributed by atoms with Gasteiger partial charge in [-0.2, -0.15) is 0 Å². The first kappa shape index (κ1) is 12.0. The van der Waals surface area contributed by atoms with E-state index in [1.165, 1.54) is 6.26 Å². The minimum absolute atomic E-state index is 0.173. The maximum atomic E-state index is 12.4. The molecule has 19 heavy (non-hydrogen) atoms. The topological polar surface area (TPSA) is 53.7 Å². The lowest BCUT2D eigenvalue weighted by molar-refractivity contribution is 0.0448. The van der Waals surface area contributed by atoms with E-state index < -0.39 is 5.60 Å². The predicted molar refractivity (Wildman–Crippen MR) is 71.0 cm³/mol. The lowest BCUT2D eigenvalue weighted by Crippen LogP contribution is -2.42. The van der Waals surface area contributed by atoms with Gasteiger partial charge in [0.2, 0.25) is 0 Å². The predicted octanol–water partition coefficient (Wildman–Crippen LogP) is 2.54. The number of carbonyl (C=O) groups is 1. The summed E-state index contributed by atoms with van der Waals surface area (Å²) in [4.78, 5) is 14.0. The van der Waals surface area contributed by atoms with Gasteiger partial charge in [-0.05, 0) is 31.5 Å². The van der Waals surface area contributed by atoms with E-state index >= 15 is 0 Å². The van der Waals surface area contributed by atoms with Crippen molar-refractivity contribution in [1.82, 2.24) is 0 Å². The Bertz CT molecular complexity index is 602. The lowest BCUT2D eigenvalue weighted by atomic mass is 9.87. The molecule has 1 aliphatic heterocycles. The minimum atomic E-state index is -0.892. The molecule has 4 nitrogen and oxygen atoms in total. The largest absolute Gasteiger partial charge is 0.459 e. The van der Waals surface area contributed by atoms with Crippen LogP contribution in [0.3, 0.4) is 0 Å². The van der Waals surface area contributed by atoms with E-state index in [-0.39, 0.29) is 5.91 Å². The minimum Gasteiger partial charge on any atom is -0.459 e. The Hall–Kier alpha value is -2.07. The van der Waals surface area contributed by atoms with Crippen molar-refractivity contribution in [2.24, 2.45) is 0 Å². The molecule has 0 saturated carbocycles. The molecule has 1 unspecified atom stereocenters. The molecule has 0 fully saturated rings. The SMILES string of the molecule is CC1(O)CCN(C(=O)c2ccco2)c2ccccc21. The van der Waals surface area contributed by atoms with Crippen LogP contribution in [-0.2, 0) is 5.60 Å². The van der Waals surface area contributed by atoms with E-state index in [4.69, 9.17) is 4.42 Å². The Morgan fingerprint density at radius 3 is 2.84 bits per heavy atom. The molecule has 0 saturated heterocycles. The van der Waals surface area contributed by atoms with Crippen molar-refractivity contribution in [3.63, 3.8) is 0 Å². The van der Waals surface area contributed by atoms with Crippen LogP contribution in [0.15, 0.2) is 47.1 Å². The van der Waals surface area contributed by atoms with Crippen LogP contribution in [-0.4, -0.2) is 17.6 Å². The summed E-state index contributed by atoms with van der Waals surface area (Å²) in [6.45, 7) is 2.25. The Balaban J connectivity index is 2.04. The summed E-state index contributed by atoms with van der Waals surface area (Å²) in [6, 6.07) is 10.8. The van der Waals surface area contributed by atoms with Gasteiger partial charge in [0, 0.05) is 12.1 Å². The van der Waals surface area contributed by atoms with E-state index in [0.29, 0.717) is 18.7 Å². The third-order valence-corrected chi connectivity index (χ3v) is 3.57. The van der Waals surface area contributed by atoms with Crippen molar-refractivity contribution >= 4 is 11.6 Å². The van der Waals surface area contributed by atoms with Crippen molar-refractivity contribution in [1.29, 1.82) is 0 Å². The van der Waals surface area contributed by atoms with E-state index in [1.54, 1.807) is 24.0 Å². The second-order valence-electron chi connectivity index (χ2n) is 4.98. The third kappa shape index (κ3) is 1.94. The highest BCUT2D eigenvalue weighted by atomic mass is 16.3. The number of carbonyl (C=O) groups excluding carboxylic acids is 1. The summed E-state index contributed by atoms with van der Waals surface area (Å²) in [5.41, 5.74) is 0.637. The van der Waals surface area contributed by atoms with Crippen LogP contribution in [0.25, 0.3) is 0 Å². The van der Waals surface area contributed by atoms with Gasteiger partial charge in [0.15, 0.2) is 5.76 Å². The van der Waals surface area contributed by atoms with Crippen molar-refractivity contribution in [3.05, 3.63) is 54.0 Å². The van der Waals surface area contributed by atoms with Gasteiger partial charge in [0.1, 0.15) is 0 Å². The summed E-state index contributed by atoms with van der Waals surface area (Å²) < 4.78 is 5.16. The first-order chi connectivity index (χ1) is 9.09. The van der Waals surface area contributed by atoms with Gasteiger partial charge >= 0.3 is 0 Å². The van der Waals surface area contributed by atoms with Crippen LogP contribution in [0, 0.1) is 0 Å². The van der Waals surface area contributed by atoms with Crippen LogP contribution in [0.5, 0.6) is 0 Å². The van der Waals surface area contributed by atoms with E-state index in [0.717, 1.165) is 11.3 Å².